The topological polar surface area (TPSA) is 57.5 Å². The SMILES string of the molecule is COC(=O)c1ccccc1-n1cc(OC(C)=O)c2ccccc21. The van der Waals surface area contributed by atoms with Crippen molar-refractivity contribution < 1.29 is 19.1 Å². The second-order valence-electron chi connectivity index (χ2n) is 4.98. The van der Waals surface area contributed by atoms with Gasteiger partial charge in [-0.2, -0.15) is 0 Å². The molecule has 0 aliphatic heterocycles. The fraction of sp³-hybridized carbons (Fsp3) is 0.111. The summed E-state index contributed by atoms with van der Waals surface area (Å²) in [5.74, 6) is -0.366. The molecule has 0 aliphatic rings. The number of rotatable bonds is 3. The first-order chi connectivity index (χ1) is 11.1. The minimum atomic E-state index is -0.424. The van der Waals surface area contributed by atoms with E-state index in [4.69, 9.17) is 9.47 Å². The van der Waals surface area contributed by atoms with Crippen LogP contribution in [0.3, 0.4) is 0 Å². The average Bonchev–Trinajstić information content (AvgIpc) is 2.92. The number of benzene rings is 2. The number of aromatic nitrogens is 1. The molecular weight excluding hydrogens is 294 g/mol. The van der Waals surface area contributed by atoms with Crippen molar-refractivity contribution in [2.24, 2.45) is 0 Å². The van der Waals surface area contributed by atoms with Crippen LogP contribution in [-0.2, 0) is 9.53 Å². The first-order valence-corrected chi connectivity index (χ1v) is 7.08. The molecule has 3 aromatic rings. The normalized spacial score (nSPS) is 10.5. The zero-order valence-corrected chi connectivity index (χ0v) is 12.8. The Balaban J connectivity index is 2.25. The molecular formula is C18H15NO4. The Morgan fingerprint density at radius 2 is 1.70 bits per heavy atom. The smallest absolute Gasteiger partial charge is 0.339 e. The molecule has 0 saturated carbocycles. The van der Waals surface area contributed by atoms with Crippen LogP contribution in [-0.4, -0.2) is 23.6 Å². The van der Waals surface area contributed by atoms with Crippen molar-refractivity contribution in [3.63, 3.8) is 0 Å². The maximum Gasteiger partial charge on any atom is 0.339 e. The van der Waals surface area contributed by atoms with Crippen molar-refractivity contribution in [3.05, 3.63) is 60.3 Å². The third-order valence-corrected chi connectivity index (χ3v) is 3.50. The van der Waals surface area contributed by atoms with Crippen molar-refractivity contribution >= 4 is 22.8 Å². The first kappa shape index (κ1) is 14.8. The monoisotopic (exact) mass is 309 g/mol. The Morgan fingerprint density at radius 3 is 2.43 bits per heavy atom. The number of para-hydroxylation sites is 2. The van der Waals surface area contributed by atoms with E-state index >= 15 is 0 Å². The van der Waals surface area contributed by atoms with Crippen LogP contribution in [0.4, 0.5) is 0 Å². The standard InChI is InChI=1S/C18H15NO4/c1-12(20)23-17-11-19(15-9-5-3-7-13(15)17)16-10-6-4-8-14(16)18(21)22-2/h3-11H,1-2H3. The molecule has 2 aromatic carbocycles. The Bertz CT molecular complexity index is 895. The van der Waals surface area contributed by atoms with Gasteiger partial charge in [0.25, 0.3) is 0 Å². The van der Waals surface area contributed by atoms with E-state index in [9.17, 15) is 9.59 Å². The Labute approximate surface area is 133 Å². The molecule has 3 rings (SSSR count). The Hall–Kier alpha value is -3.08. The molecule has 0 N–H and O–H groups in total. The van der Waals surface area contributed by atoms with Crippen LogP contribution in [0.2, 0.25) is 0 Å². The van der Waals surface area contributed by atoms with E-state index in [0.717, 1.165) is 10.9 Å². The summed E-state index contributed by atoms with van der Waals surface area (Å²) in [5, 5.41) is 0.794. The van der Waals surface area contributed by atoms with E-state index in [0.29, 0.717) is 17.0 Å². The zero-order chi connectivity index (χ0) is 16.4. The van der Waals surface area contributed by atoms with Gasteiger partial charge in [0.2, 0.25) is 0 Å². The van der Waals surface area contributed by atoms with E-state index in [2.05, 4.69) is 0 Å². The molecule has 5 heteroatoms. The fourth-order valence-electron chi connectivity index (χ4n) is 2.55. The van der Waals surface area contributed by atoms with Crippen LogP contribution in [0.25, 0.3) is 16.6 Å². The molecule has 0 radical (unpaired) electrons. The molecule has 0 saturated heterocycles. The Kier molecular flexibility index (Phi) is 3.85. The highest BCUT2D eigenvalue weighted by atomic mass is 16.5. The number of hydrogen-bond donors (Lipinski definition) is 0. The van der Waals surface area contributed by atoms with Crippen LogP contribution >= 0.6 is 0 Å². The second-order valence-corrected chi connectivity index (χ2v) is 4.98. The lowest BCUT2D eigenvalue weighted by atomic mass is 10.1. The lowest BCUT2D eigenvalue weighted by Crippen LogP contribution is -2.07. The summed E-state index contributed by atoms with van der Waals surface area (Å²) in [6.45, 7) is 1.36. The summed E-state index contributed by atoms with van der Waals surface area (Å²) in [5.41, 5.74) is 1.93. The van der Waals surface area contributed by atoms with E-state index in [1.54, 1.807) is 18.3 Å². The molecule has 0 amide bonds. The average molecular weight is 309 g/mol. The van der Waals surface area contributed by atoms with Crippen LogP contribution in [0.5, 0.6) is 5.75 Å². The van der Waals surface area contributed by atoms with Gasteiger partial charge in [0.05, 0.1) is 30.1 Å². The van der Waals surface area contributed by atoms with Gasteiger partial charge in [-0.3, -0.25) is 4.79 Å². The molecule has 0 fully saturated rings. The molecule has 0 unspecified atom stereocenters. The number of fused-ring (bicyclic) bond motifs is 1. The highest BCUT2D eigenvalue weighted by Crippen LogP contribution is 2.31. The van der Waals surface area contributed by atoms with Crippen LogP contribution in [0.15, 0.2) is 54.7 Å². The molecule has 5 nitrogen and oxygen atoms in total. The predicted octanol–water partition coefficient (Wildman–Crippen LogP) is 3.34. The molecule has 0 bridgehead atoms. The fourth-order valence-corrected chi connectivity index (χ4v) is 2.55. The van der Waals surface area contributed by atoms with Crippen LogP contribution in [0, 0.1) is 0 Å². The summed E-state index contributed by atoms with van der Waals surface area (Å²) in [6, 6.07) is 14.6. The number of hydrogen-bond acceptors (Lipinski definition) is 4. The third-order valence-electron chi connectivity index (χ3n) is 3.50. The maximum atomic E-state index is 12.0. The largest absolute Gasteiger partial charge is 0.465 e. The van der Waals surface area contributed by atoms with Gasteiger partial charge in [0.15, 0.2) is 5.75 Å². The van der Waals surface area contributed by atoms with Crippen molar-refractivity contribution in [1.29, 1.82) is 0 Å². The van der Waals surface area contributed by atoms with Crippen LogP contribution in [0.1, 0.15) is 17.3 Å². The lowest BCUT2D eigenvalue weighted by Gasteiger charge is -2.10. The highest BCUT2D eigenvalue weighted by molar-refractivity contribution is 5.96. The second kappa shape index (κ2) is 5.96. The summed E-state index contributed by atoms with van der Waals surface area (Å²) in [4.78, 5) is 23.3. The number of carbonyl (C=O) groups excluding carboxylic acids is 2. The summed E-state index contributed by atoms with van der Waals surface area (Å²) >= 11 is 0. The van der Waals surface area contributed by atoms with Gasteiger partial charge in [-0.1, -0.05) is 24.3 Å². The molecule has 1 aromatic heterocycles. The molecule has 23 heavy (non-hydrogen) atoms. The molecule has 0 spiro atoms. The molecule has 0 atom stereocenters. The first-order valence-electron chi connectivity index (χ1n) is 7.08. The van der Waals surface area contributed by atoms with Crippen molar-refractivity contribution in [3.8, 4) is 11.4 Å². The van der Waals surface area contributed by atoms with Gasteiger partial charge in [0, 0.05) is 12.3 Å². The van der Waals surface area contributed by atoms with Gasteiger partial charge in [-0.25, -0.2) is 4.79 Å². The lowest BCUT2D eigenvalue weighted by molar-refractivity contribution is -0.131. The number of nitrogens with zero attached hydrogens (tertiary/aromatic N) is 1. The number of ether oxygens (including phenoxy) is 2. The van der Waals surface area contributed by atoms with Crippen molar-refractivity contribution in [2.45, 2.75) is 6.92 Å². The maximum absolute atomic E-state index is 12.0. The summed E-state index contributed by atoms with van der Waals surface area (Å²) < 4.78 is 11.9. The van der Waals surface area contributed by atoms with E-state index in [-0.39, 0.29) is 0 Å². The zero-order valence-electron chi connectivity index (χ0n) is 12.8. The minimum absolute atomic E-state index is 0.394. The van der Waals surface area contributed by atoms with Crippen molar-refractivity contribution in [1.82, 2.24) is 4.57 Å². The molecule has 1 heterocycles. The van der Waals surface area contributed by atoms with E-state index in [1.807, 2.05) is 41.0 Å². The highest BCUT2D eigenvalue weighted by Gasteiger charge is 2.17. The van der Waals surface area contributed by atoms with Crippen LogP contribution < -0.4 is 4.74 Å². The Morgan fingerprint density at radius 1 is 1.00 bits per heavy atom. The van der Waals surface area contributed by atoms with Crippen molar-refractivity contribution in [2.75, 3.05) is 7.11 Å². The van der Waals surface area contributed by atoms with E-state index < -0.39 is 11.9 Å². The third kappa shape index (κ3) is 2.68. The van der Waals surface area contributed by atoms with Gasteiger partial charge < -0.3 is 14.0 Å². The summed E-state index contributed by atoms with van der Waals surface area (Å²) in [7, 11) is 1.34. The predicted molar refractivity (Wildman–Crippen MR) is 85.9 cm³/mol. The van der Waals surface area contributed by atoms with E-state index in [1.165, 1.54) is 14.0 Å². The quantitative estimate of drug-likeness (QED) is 0.696. The van der Waals surface area contributed by atoms with Gasteiger partial charge in [0.1, 0.15) is 0 Å². The number of esters is 2. The molecule has 116 valence electrons. The van der Waals surface area contributed by atoms with Gasteiger partial charge >= 0.3 is 11.9 Å². The number of methoxy groups -OCH3 is 1. The number of carbonyl (C=O) groups is 2. The minimum Gasteiger partial charge on any atom is -0.465 e. The molecule has 0 aliphatic carbocycles. The van der Waals surface area contributed by atoms with Gasteiger partial charge in [-0.15, -0.1) is 0 Å². The summed E-state index contributed by atoms with van der Waals surface area (Å²) in [6.07, 6.45) is 1.70. The van der Waals surface area contributed by atoms with Gasteiger partial charge in [-0.05, 0) is 24.3 Å².